The van der Waals surface area contributed by atoms with Gasteiger partial charge in [-0.05, 0) is 33.2 Å². The van der Waals surface area contributed by atoms with Gasteiger partial charge in [0.1, 0.15) is 0 Å². The van der Waals surface area contributed by atoms with Crippen molar-refractivity contribution in [1.82, 2.24) is 4.90 Å². The van der Waals surface area contributed by atoms with E-state index in [0.29, 0.717) is 5.54 Å². The molecular weight excluding hydrogens is 164 g/mol. The summed E-state index contributed by atoms with van der Waals surface area (Å²) in [5.74, 6) is 0. The number of nitrogens with two attached hydrogens (primary N) is 1. The molecule has 1 saturated heterocycles. The molecule has 0 saturated carbocycles. The second kappa shape index (κ2) is 4.94. The Morgan fingerprint density at radius 1 is 1.31 bits per heavy atom. The van der Waals surface area contributed by atoms with Crippen molar-refractivity contribution < 1.29 is 4.74 Å². The molecular formula is C10H22N2O. The first-order valence-electron chi connectivity index (χ1n) is 5.20. The van der Waals surface area contributed by atoms with Crippen molar-refractivity contribution >= 4 is 0 Å². The van der Waals surface area contributed by atoms with Gasteiger partial charge in [0.05, 0.1) is 13.2 Å². The summed E-state index contributed by atoms with van der Waals surface area (Å²) in [6.45, 7) is 9.29. The molecule has 0 amide bonds. The Morgan fingerprint density at radius 3 is 2.46 bits per heavy atom. The molecule has 1 heterocycles. The normalized spacial score (nSPS) is 20.5. The monoisotopic (exact) mass is 186 g/mol. The summed E-state index contributed by atoms with van der Waals surface area (Å²) in [6.07, 6.45) is 2.30. The molecule has 1 aliphatic rings. The highest BCUT2D eigenvalue weighted by atomic mass is 16.5. The highest BCUT2D eigenvalue weighted by Gasteiger charge is 2.27. The van der Waals surface area contributed by atoms with Crippen molar-refractivity contribution in [2.75, 3.05) is 32.8 Å². The van der Waals surface area contributed by atoms with Gasteiger partial charge < -0.3 is 10.5 Å². The third kappa shape index (κ3) is 3.25. The van der Waals surface area contributed by atoms with Crippen LogP contribution in [-0.4, -0.2) is 43.3 Å². The van der Waals surface area contributed by atoms with Gasteiger partial charge >= 0.3 is 0 Å². The average Bonchev–Trinajstić information content (AvgIpc) is 2.16. The van der Waals surface area contributed by atoms with Crippen LogP contribution in [0, 0.1) is 0 Å². The number of morpholine rings is 1. The summed E-state index contributed by atoms with van der Waals surface area (Å²) >= 11 is 0. The number of ether oxygens (including phenoxy) is 1. The van der Waals surface area contributed by atoms with Crippen LogP contribution >= 0.6 is 0 Å². The minimum absolute atomic E-state index is 0.295. The summed E-state index contributed by atoms with van der Waals surface area (Å²) in [4.78, 5) is 2.51. The lowest BCUT2D eigenvalue weighted by Gasteiger charge is -2.41. The zero-order valence-electron chi connectivity index (χ0n) is 8.88. The largest absolute Gasteiger partial charge is 0.379 e. The first-order chi connectivity index (χ1) is 6.17. The molecule has 1 fully saturated rings. The lowest BCUT2D eigenvalue weighted by Crippen LogP contribution is -2.49. The van der Waals surface area contributed by atoms with Crippen molar-refractivity contribution in [3.8, 4) is 0 Å². The maximum atomic E-state index is 5.52. The van der Waals surface area contributed by atoms with E-state index >= 15 is 0 Å². The molecule has 0 aliphatic carbocycles. The molecule has 1 rings (SSSR count). The van der Waals surface area contributed by atoms with Gasteiger partial charge in [-0.1, -0.05) is 0 Å². The topological polar surface area (TPSA) is 38.5 Å². The summed E-state index contributed by atoms with van der Waals surface area (Å²) in [5.41, 5.74) is 5.82. The molecule has 0 bridgehead atoms. The molecule has 3 nitrogen and oxygen atoms in total. The van der Waals surface area contributed by atoms with Gasteiger partial charge in [-0.25, -0.2) is 0 Å². The smallest absolute Gasteiger partial charge is 0.0594 e. The average molecular weight is 186 g/mol. The van der Waals surface area contributed by atoms with E-state index in [1.54, 1.807) is 0 Å². The maximum absolute atomic E-state index is 5.52. The van der Waals surface area contributed by atoms with Gasteiger partial charge in [-0.2, -0.15) is 0 Å². The SMILES string of the molecule is CC(C)(CCCN)N1CCOCC1. The van der Waals surface area contributed by atoms with Crippen molar-refractivity contribution in [2.24, 2.45) is 5.73 Å². The standard InChI is InChI=1S/C10H22N2O/c1-10(2,4-3-5-11)12-6-8-13-9-7-12/h3-9,11H2,1-2H3. The molecule has 0 unspecified atom stereocenters. The van der Waals surface area contributed by atoms with Crippen molar-refractivity contribution in [2.45, 2.75) is 32.2 Å². The van der Waals surface area contributed by atoms with E-state index in [2.05, 4.69) is 18.7 Å². The Hall–Kier alpha value is -0.120. The van der Waals surface area contributed by atoms with Crippen LogP contribution in [0.1, 0.15) is 26.7 Å². The molecule has 2 N–H and O–H groups in total. The van der Waals surface area contributed by atoms with Gasteiger partial charge in [0.25, 0.3) is 0 Å². The van der Waals surface area contributed by atoms with E-state index in [-0.39, 0.29) is 0 Å². The maximum Gasteiger partial charge on any atom is 0.0594 e. The number of hydrogen-bond acceptors (Lipinski definition) is 3. The fraction of sp³-hybridized carbons (Fsp3) is 1.00. The number of hydrogen-bond donors (Lipinski definition) is 1. The van der Waals surface area contributed by atoms with Gasteiger partial charge in [0.15, 0.2) is 0 Å². The van der Waals surface area contributed by atoms with Crippen LogP contribution in [0.2, 0.25) is 0 Å². The van der Waals surface area contributed by atoms with E-state index in [9.17, 15) is 0 Å². The van der Waals surface area contributed by atoms with Crippen LogP contribution in [0.3, 0.4) is 0 Å². The first kappa shape index (κ1) is 11.0. The van der Waals surface area contributed by atoms with Crippen LogP contribution in [0.4, 0.5) is 0 Å². The predicted molar refractivity (Wildman–Crippen MR) is 54.8 cm³/mol. The third-order valence-electron chi connectivity index (χ3n) is 2.86. The molecule has 13 heavy (non-hydrogen) atoms. The van der Waals surface area contributed by atoms with Crippen molar-refractivity contribution in [3.63, 3.8) is 0 Å². The minimum Gasteiger partial charge on any atom is -0.379 e. The molecule has 78 valence electrons. The van der Waals surface area contributed by atoms with E-state index in [1.165, 1.54) is 6.42 Å². The molecule has 0 radical (unpaired) electrons. The van der Waals surface area contributed by atoms with Gasteiger partial charge in [0.2, 0.25) is 0 Å². The second-order valence-corrected chi connectivity index (χ2v) is 4.30. The first-order valence-corrected chi connectivity index (χ1v) is 5.20. The Kier molecular flexibility index (Phi) is 4.16. The van der Waals surface area contributed by atoms with E-state index in [0.717, 1.165) is 39.3 Å². The number of nitrogens with zero attached hydrogens (tertiary/aromatic N) is 1. The quantitative estimate of drug-likeness (QED) is 0.707. The zero-order chi connectivity index (χ0) is 9.73. The van der Waals surface area contributed by atoms with Gasteiger partial charge in [-0.15, -0.1) is 0 Å². The van der Waals surface area contributed by atoms with Crippen LogP contribution in [0.25, 0.3) is 0 Å². The second-order valence-electron chi connectivity index (χ2n) is 4.30. The van der Waals surface area contributed by atoms with Gasteiger partial charge in [-0.3, -0.25) is 4.90 Å². The molecule has 1 aliphatic heterocycles. The molecule has 0 aromatic carbocycles. The third-order valence-corrected chi connectivity index (χ3v) is 2.86. The molecule has 0 spiro atoms. The highest BCUT2D eigenvalue weighted by Crippen LogP contribution is 2.21. The van der Waals surface area contributed by atoms with Crippen LogP contribution in [0.5, 0.6) is 0 Å². The van der Waals surface area contributed by atoms with Crippen molar-refractivity contribution in [1.29, 1.82) is 0 Å². The van der Waals surface area contributed by atoms with E-state index in [4.69, 9.17) is 10.5 Å². The fourth-order valence-corrected chi connectivity index (χ4v) is 1.86. The Labute approximate surface area is 81.2 Å². The molecule has 0 aromatic heterocycles. The molecule has 3 heteroatoms. The Morgan fingerprint density at radius 2 is 1.92 bits per heavy atom. The summed E-state index contributed by atoms with van der Waals surface area (Å²) in [5, 5.41) is 0. The van der Waals surface area contributed by atoms with Crippen molar-refractivity contribution in [3.05, 3.63) is 0 Å². The summed E-state index contributed by atoms with van der Waals surface area (Å²) in [6, 6.07) is 0. The van der Waals surface area contributed by atoms with E-state index < -0.39 is 0 Å². The summed E-state index contributed by atoms with van der Waals surface area (Å²) < 4.78 is 5.33. The predicted octanol–water partition coefficient (Wildman–Crippen LogP) is 0.836. The molecule has 0 aromatic rings. The van der Waals surface area contributed by atoms with Crippen LogP contribution in [0.15, 0.2) is 0 Å². The Bertz CT molecular complexity index is 142. The minimum atomic E-state index is 0.295. The highest BCUT2D eigenvalue weighted by molar-refractivity contribution is 4.82. The molecule has 0 atom stereocenters. The van der Waals surface area contributed by atoms with Gasteiger partial charge in [0, 0.05) is 18.6 Å². The fourth-order valence-electron chi connectivity index (χ4n) is 1.86. The lowest BCUT2D eigenvalue weighted by atomic mass is 9.95. The van der Waals surface area contributed by atoms with Crippen LogP contribution < -0.4 is 5.73 Å². The Balaban J connectivity index is 2.36. The lowest BCUT2D eigenvalue weighted by molar-refractivity contribution is -0.0131. The van der Waals surface area contributed by atoms with E-state index in [1.807, 2.05) is 0 Å². The summed E-state index contributed by atoms with van der Waals surface area (Å²) in [7, 11) is 0. The number of rotatable bonds is 4. The van der Waals surface area contributed by atoms with Crippen LogP contribution in [-0.2, 0) is 4.74 Å². The zero-order valence-corrected chi connectivity index (χ0v) is 8.88.